The van der Waals surface area contributed by atoms with Crippen LogP contribution in [0.25, 0.3) is 10.8 Å². The van der Waals surface area contributed by atoms with E-state index in [9.17, 15) is 9.90 Å². The van der Waals surface area contributed by atoms with E-state index in [0.717, 1.165) is 10.8 Å². The average molecular weight is 297 g/mol. The highest BCUT2D eigenvalue weighted by molar-refractivity contribution is 6.08. The smallest absolute Gasteiger partial charge is 0.254 e. The monoisotopic (exact) mass is 297 g/mol. The van der Waals surface area contributed by atoms with Gasteiger partial charge in [-0.05, 0) is 36.6 Å². The molecule has 0 saturated carbocycles. The largest absolute Gasteiger partial charge is 0.388 e. The Morgan fingerprint density at radius 3 is 2.55 bits per heavy atom. The maximum Gasteiger partial charge on any atom is 0.254 e. The molecule has 0 spiro atoms. The normalized spacial score (nSPS) is 12.1. The lowest BCUT2D eigenvalue weighted by atomic mass is 9.93. The number of hydrogen-bond donors (Lipinski definition) is 1. The number of carbonyl (C=O) groups excluding carboxylic acids is 1. The summed E-state index contributed by atoms with van der Waals surface area (Å²) in [7, 11) is 0. The van der Waals surface area contributed by atoms with Crippen LogP contribution in [0.1, 0.15) is 42.3 Å². The summed E-state index contributed by atoms with van der Waals surface area (Å²) in [5, 5.41) is 12.3. The van der Waals surface area contributed by atoms with Gasteiger partial charge < -0.3 is 10.0 Å². The second-order valence-electron chi connectivity index (χ2n) is 5.27. The predicted molar refractivity (Wildman–Crippen MR) is 91.0 cm³/mol. The molecule has 1 N–H and O–H groups in total. The van der Waals surface area contributed by atoms with Crippen LogP contribution in [0, 0.1) is 0 Å². The number of fused-ring (bicyclic) bond motifs is 1. The van der Waals surface area contributed by atoms with E-state index in [-0.39, 0.29) is 5.91 Å². The van der Waals surface area contributed by atoms with E-state index in [4.69, 9.17) is 0 Å². The molecule has 0 fully saturated rings. The number of amides is 1. The van der Waals surface area contributed by atoms with Crippen molar-refractivity contribution in [2.24, 2.45) is 0 Å². The van der Waals surface area contributed by atoms with Gasteiger partial charge in [-0.2, -0.15) is 0 Å². The first kappa shape index (κ1) is 16.2. The first-order valence-corrected chi connectivity index (χ1v) is 7.73. The van der Waals surface area contributed by atoms with Crippen LogP contribution >= 0.6 is 0 Å². The number of nitrogens with zero attached hydrogens (tertiary/aromatic N) is 1. The summed E-state index contributed by atoms with van der Waals surface area (Å²) < 4.78 is 0. The Morgan fingerprint density at radius 1 is 1.23 bits per heavy atom. The molecular formula is C19H23NO2. The van der Waals surface area contributed by atoms with E-state index in [2.05, 4.69) is 6.58 Å². The summed E-state index contributed by atoms with van der Waals surface area (Å²) in [6.07, 6.45) is 1.39. The molecule has 0 radical (unpaired) electrons. The van der Waals surface area contributed by atoms with Gasteiger partial charge in [-0.1, -0.05) is 42.5 Å². The van der Waals surface area contributed by atoms with Crippen LogP contribution in [0.15, 0.2) is 49.1 Å². The van der Waals surface area contributed by atoms with Crippen molar-refractivity contribution in [1.82, 2.24) is 4.90 Å². The third kappa shape index (κ3) is 3.04. The molecule has 3 nitrogen and oxygen atoms in total. The molecule has 0 aliphatic rings. The number of benzene rings is 2. The standard InChI is InChI=1S/C19H23NO2/c1-4-9-17(21)16-13-12-14-10-7-8-11-15(14)18(16)19(22)20(5-2)6-3/h4,7-8,10-13,17,21H,1,5-6,9H2,2-3H3. The summed E-state index contributed by atoms with van der Waals surface area (Å²) in [6.45, 7) is 8.90. The van der Waals surface area contributed by atoms with Gasteiger partial charge >= 0.3 is 0 Å². The van der Waals surface area contributed by atoms with Gasteiger partial charge in [0, 0.05) is 13.1 Å². The first-order valence-electron chi connectivity index (χ1n) is 7.73. The topological polar surface area (TPSA) is 40.5 Å². The average Bonchev–Trinajstić information content (AvgIpc) is 2.55. The third-order valence-electron chi connectivity index (χ3n) is 3.97. The van der Waals surface area contributed by atoms with Crippen LogP contribution in [0.2, 0.25) is 0 Å². The molecule has 1 atom stereocenters. The maximum atomic E-state index is 12.9. The summed E-state index contributed by atoms with van der Waals surface area (Å²) in [5.41, 5.74) is 1.28. The lowest BCUT2D eigenvalue weighted by molar-refractivity contribution is 0.0767. The van der Waals surface area contributed by atoms with Crippen molar-refractivity contribution in [3.05, 3.63) is 60.2 Å². The maximum absolute atomic E-state index is 12.9. The Morgan fingerprint density at radius 2 is 1.91 bits per heavy atom. The highest BCUT2D eigenvalue weighted by Crippen LogP contribution is 2.29. The molecule has 0 aliphatic carbocycles. The molecule has 0 heterocycles. The van der Waals surface area contributed by atoms with Crippen molar-refractivity contribution in [2.75, 3.05) is 13.1 Å². The number of hydrogen-bond acceptors (Lipinski definition) is 2. The van der Waals surface area contributed by atoms with Gasteiger partial charge in [0.1, 0.15) is 0 Å². The Labute approximate surface area is 131 Å². The van der Waals surface area contributed by atoms with E-state index >= 15 is 0 Å². The summed E-state index contributed by atoms with van der Waals surface area (Å²) in [4.78, 5) is 14.7. The molecule has 1 unspecified atom stereocenters. The Bertz CT molecular complexity index is 674. The molecule has 0 bridgehead atoms. The third-order valence-corrected chi connectivity index (χ3v) is 3.97. The Hall–Kier alpha value is -2.13. The van der Waals surface area contributed by atoms with Gasteiger partial charge in [0.15, 0.2) is 0 Å². The SMILES string of the molecule is C=CCC(O)c1ccc2ccccc2c1C(=O)N(CC)CC. The van der Waals surface area contributed by atoms with Crippen molar-refractivity contribution in [1.29, 1.82) is 0 Å². The van der Waals surface area contributed by atoms with E-state index in [0.29, 0.717) is 30.6 Å². The zero-order valence-electron chi connectivity index (χ0n) is 13.2. The van der Waals surface area contributed by atoms with E-state index in [1.807, 2.05) is 50.2 Å². The van der Waals surface area contributed by atoms with Crippen LogP contribution in [0.3, 0.4) is 0 Å². The van der Waals surface area contributed by atoms with Crippen LogP contribution in [-0.4, -0.2) is 29.0 Å². The van der Waals surface area contributed by atoms with E-state index < -0.39 is 6.10 Å². The highest BCUT2D eigenvalue weighted by Gasteiger charge is 2.22. The van der Waals surface area contributed by atoms with Crippen LogP contribution in [-0.2, 0) is 0 Å². The molecule has 2 aromatic rings. The zero-order chi connectivity index (χ0) is 16.1. The quantitative estimate of drug-likeness (QED) is 0.821. The van der Waals surface area contributed by atoms with E-state index in [1.54, 1.807) is 11.0 Å². The molecule has 116 valence electrons. The Balaban J connectivity index is 2.67. The lowest BCUT2D eigenvalue weighted by Gasteiger charge is -2.23. The minimum atomic E-state index is -0.711. The highest BCUT2D eigenvalue weighted by atomic mass is 16.3. The second kappa shape index (κ2) is 7.23. The minimum absolute atomic E-state index is 0.0279. The fourth-order valence-corrected chi connectivity index (χ4v) is 2.76. The fraction of sp³-hybridized carbons (Fsp3) is 0.316. The van der Waals surface area contributed by atoms with Gasteiger partial charge in [-0.25, -0.2) is 0 Å². The molecule has 2 aromatic carbocycles. The lowest BCUT2D eigenvalue weighted by Crippen LogP contribution is -2.31. The van der Waals surface area contributed by atoms with Gasteiger partial charge in [0.25, 0.3) is 5.91 Å². The first-order chi connectivity index (χ1) is 10.6. The molecular weight excluding hydrogens is 274 g/mol. The number of aliphatic hydroxyl groups is 1. The number of rotatable bonds is 6. The van der Waals surface area contributed by atoms with Crippen LogP contribution in [0.4, 0.5) is 0 Å². The number of carbonyl (C=O) groups is 1. The van der Waals surface area contributed by atoms with Gasteiger partial charge in [0.2, 0.25) is 0 Å². The van der Waals surface area contributed by atoms with Crippen molar-refractivity contribution in [2.45, 2.75) is 26.4 Å². The molecule has 0 saturated heterocycles. The predicted octanol–water partition coefficient (Wildman–Crippen LogP) is 3.93. The van der Waals surface area contributed by atoms with Crippen molar-refractivity contribution in [3.8, 4) is 0 Å². The number of aliphatic hydroxyl groups excluding tert-OH is 1. The molecule has 2 rings (SSSR count). The minimum Gasteiger partial charge on any atom is -0.388 e. The summed E-state index contributed by atoms with van der Waals surface area (Å²) in [5.74, 6) is -0.0279. The fourth-order valence-electron chi connectivity index (χ4n) is 2.76. The van der Waals surface area contributed by atoms with Gasteiger partial charge in [-0.3, -0.25) is 4.79 Å². The van der Waals surface area contributed by atoms with Crippen molar-refractivity contribution in [3.63, 3.8) is 0 Å². The second-order valence-corrected chi connectivity index (χ2v) is 5.27. The molecule has 0 aromatic heterocycles. The van der Waals surface area contributed by atoms with Crippen molar-refractivity contribution >= 4 is 16.7 Å². The molecule has 22 heavy (non-hydrogen) atoms. The van der Waals surface area contributed by atoms with Crippen LogP contribution < -0.4 is 0 Å². The van der Waals surface area contributed by atoms with Gasteiger partial charge in [0.05, 0.1) is 11.7 Å². The summed E-state index contributed by atoms with van der Waals surface area (Å²) >= 11 is 0. The van der Waals surface area contributed by atoms with Crippen LogP contribution in [0.5, 0.6) is 0 Å². The molecule has 0 aliphatic heterocycles. The molecule has 3 heteroatoms. The Kier molecular flexibility index (Phi) is 5.34. The zero-order valence-corrected chi connectivity index (χ0v) is 13.2. The van der Waals surface area contributed by atoms with Crippen molar-refractivity contribution < 1.29 is 9.90 Å². The van der Waals surface area contributed by atoms with E-state index in [1.165, 1.54) is 0 Å². The summed E-state index contributed by atoms with van der Waals surface area (Å²) in [6, 6.07) is 11.6. The van der Waals surface area contributed by atoms with Gasteiger partial charge in [-0.15, -0.1) is 6.58 Å². The molecule has 1 amide bonds.